The van der Waals surface area contributed by atoms with Gasteiger partial charge < -0.3 is 15.1 Å². The third kappa shape index (κ3) is 1.66. The number of aliphatic hydroxyl groups is 1. The molecule has 108 valence electrons. The molecule has 1 saturated heterocycles. The summed E-state index contributed by atoms with van der Waals surface area (Å²) >= 11 is 0. The Kier molecular flexibility index (Phi) is 3.13. The fourth-order valence-electron chi connectivity index (χ4n) is 3.02. The van der Waals surface area contributed by atoms with Gasteiger partial charge in [0.2, 0.25) is 0 Å². The second-order valence-corrected chi connectivity index (χ2v) is 5.92. The van der Waals surface area contributed by atoms with Crippen LogP contribution >= 0.6 is 0 Å². The van der Waals surface area contributed by atoms with E-state index in [-0.39, 0.29) is 17.5 Å². The van der Waals surface area contributed by atoms with Gasteiger partial charge in [-0.05, 0) is 45.4 Å². The second-order valence-electron chi connectivity index (χ2n) is 5.92. The number of carboxylic acids is 1. The third-order valence-electron chi connectivity index (χ3n) is 4.08. The maximum absolute atomic E-state index is 12.3. The SMILES string of the molecule is CC(C)N1C(=O)[C@](O)(c2ccc(C(=O)O)cc2)C1(C)C. The number of carboxylic acid groups (broad SMARTS) is 1. The summed E-state index contributed by atoms with van der Waals surface area (Å²) in [4.78, 5) is 24.8. The van der Waals surface area contributed by atoms with Crippen LogP contribution in [0, 0.1) is 0 Å². The van der Waals surface area contributed by atoms with Crippen molar-refractivity contribution in [2.45, 2.75) is 44.9 Å². The number of likely N-dealkylation sites (tertiary alicyclic amines) is 1. The van der Waals surface area contributed by atoms with Crippen molar-refractivity contribution in [1.29, 1.82) is 0 Å². The van der Waals surface area contributed by atoms with Gasteiger partial charge in [-0.2, -0.15) is 0 Å². The first-order chi connectivity index (χ1) is 9.14. The van der Waals surface area contributed by atoms with Crippen LogP contribution in [0.25, 0.3) is 0 Å². The van der Waals surface area contributed by atoms with E-state index in [4.69, 9.17) is 5.11 Å². The normalized spacial score (nSPS) is 24.7. The van der Waals surface area contributed by atoms with Crippen LogP contribution in [0.1, 0.15) is 43.6 Å². The van der Waals surface area contributed by atoms with Crippen LogP contribution in [0.5, 0.6) is 0 Å². The molecule has 1 amide bonds. The van der Waals surface area contributed by atoms with Gasteiger partial charge in [0.05, 0.1) is 11.1 Å². The largest absolute Gasteiger partial charge is 0.478 e. The molecule has 0 unspecified atom stereocenters. The fraction of sp³-hybridized carbons (Fsp3) is 0.467. The van der Waals surface area contributed by atoms with Crippen LogP contribution in [0.2, 0.25) is 0 Å². The number of amides is 1. The molecule has 1 aromatic carbocycles. The van der Waals surface area contributed by atoms with Gasteiger partial charge in [0.15, 0.2) is 5.60 Å². The van der Waals surface area contributed by atoms with E-state index in [1.54, 1.807) is 18.7 Å². The molecule has 0 aliphatic carbocycles. The van der Waals surface area contributed by atoms with Gasteiger partial charge in [0, 0.05) is 6.04 Å². The van der Waals surface area contributed by atoms with Crippen molar-refractivity contribution in [3.05, 3.63) is 35.4 Å². The minimum atomic E-state index is -1.60. The molecule has 0 aromatic heterocycles. The third-order valence-corrected chi connectivity index (χ3v) is 4.08. The van der Waals surface area contributed by atoms with Crippen molar-refractivity contribution in [2.75, 3.05) is 0 Å². The van der Waals surface area contributed by atoms with Crippen molar-refractivity contribution in [2.24, 2.45) is 0 Å². The zero-order valence-corrected chi connectivity index (χ0v) is 12.0. The molecule has 1 aliphatic rings. The van der Waals surface area contributed by atoms with E-state index in [9.17, 15) is 14.7 Å². The summed E-state index contributed by atoms with van der Waals surface area (Å²) in [5, 5.41) is 19.7. The number of carbonyl (C=O) groups is 2. The number of carbonyl (C=O) groups excluding carboxylic acids is 1. The van der Waals surface area contributed by atoms with Crippen LogP contribution in [0.4, 0.5) is 0 Å². The highest BCUT2D eigenvalue weighted by Gasteiger charge is 2.67. The molecule has 1 heterocycles. The van der Waals surface area contributed by atoms with E-state index in [0.717, 1.165) is 0 Å². The Balaban J connectivity index is 2.42. The van der Waals surface area contributed by atoms with Gasteiger partial charge in [0.1, 0.15) is 0 Å². The molecule has 0 saturated carbocycles. The molecule has 5 nitrogen and oxygen atoms in total. The summed E-state index contributed by atoms with van der Waals surface area (Å²) in [7, 11) is 0. The molecule has 0 spiro atoms. The Bertz CT molecular complexity index is 562. The first-order valence-electron chi connectivity index (χ1n) is 6.54. The van der Waals surface area contributed by atoms with E-state index >= 15 is 0 Å². The molecule has 2 rings (SSSR count). The van der Waals surface area contributed by atoms with E-state index in [1.807, 2.05) is 13.8 Å². The van der Waals surface area contributed by atoms with Gasteiger partial charge >= 0.3 is 5.97 Å². The van der Waals surface area contributed by atoms with E-state index in [1.165, 1.54) is 24.3 Å². The second kappa shape index (κ2) is 4.31. The fourth-order valence-corrected chi connectivity index (χ4v) is 3.02. The number of hydrogen-bond donors (Lipinski definition) is 2. The van der Waals surface area contributed by atoms with Crippen LogP contribution in [-0.2, 0) is 10.4 Å². The molecule has 1 atom stereocenters. The Labute approximate surface area is 117 Å². The molecule has 0 bridgehead atoms. The lowest BCUT2D eigenvalue weighted by molar-refractivity contribution is -0.221. The molecule has 5 heteroatoms. The predicted molar refractivity (Wildman–Crippen MR) is 73.4 cm³/mol. The number of rotatable bonds is 3. The summed E-state index contributed by atoms with van der Waals surface area (Å²) in [6, 6.07) is 5.80. The average molecular weight is 277 g/mol. The Morgan fingerprint density at radius 2 is 1.70 bits per heavy atom. The van der Waals surface area contributed by atoms with Crippen LogP contribution in [-0.4, -0.2) is 38.6 Å². The quantitative estimate of drug-likeness (QED) is 0.823. The minimum absolute atomic E-state index is 0.00364. The zero-order chi connectivity index (χ0) is 15.3. The standard InChI is InChI=1S/C15H19NO4/c1-9(2)16-13(19)15(20,14(16,3)4)11-7-5-10(6-8-11)12(17)18/h5-9,20H,1-4H3,(H,17,18)/t15-/m1/s1. The molecule has 2 N–H and O–H groups in total. The molecule has 20 heavy (non-hydrogen) atoms. The highest BCUT2D eigenvalue weighted by atomic mass is 16.4. The van der Waals surface area contributed by atoms with Crippen LogP contribution in [0.15, 0.2) is 24.3 Å². The van der Waals surface area contributed by atoms with Crippen LogP contribution in [0.3, 0.4) is 0 Å². The lowest BCUT2D eigenvalue weighted by atomic mass is 9.66. The van der Waals surface area contributed by atoms with Gasteiger partial charge in [-0.1, -0.05) is 12.1 Å². The summed E-state index contributed by atoms with van der Waals surface area (Å²) in [6.07, 6.45) is 0. The molecule has 1 aliphatic heterocycles. The highest BCUT2D eigenvalue weighted by Crippen LogP contribution is 2.49. The van der Waals surface area contributed by atoms with Gasteiger partial charge in [-0.3, -0.25) is 4.79 Å². The van der Waals surface area contributed by atoms with Crippen molar-refractivity contribution in [1.82, 2.24) is 4.90 Å². The summed E-state index contributed by atoms with van der Waals surface area (Å²) in [5.41, 5.74) is -1.78. The van der Waals surface area contributed by atoms with E-state index in [2.05, 4.69) is 0 Å². The summed E-state index contributed by atoms with van der Waals surface area (Å²) in [5.74, 6) is -1.38. The first-order valence-corrected chi connectivity index (χ1v) is 6.54. The van der Waals surface area contributed by atoms with E-state index < -0.39 is 17.1 Å². The lowest BCUT2D eigenvalue weighted by Crippen LogP contribution is -2.79. The molecular weight excluding hydrogens is 258 g/mol. The zero-order valence-electron chi connectivity index (χ0n) is 12.0. The summed E-state index contributed by atoms with van der Waals surface area (Å²) in [6.45, 7) is 7.40. The molecular formula is C15H19NO4. The smallest absolute Gasteiger partial charge is 0.335 e. The van der Waals surface area contributed by atoms with Gasteiger partial charge in [-0.15, -0.1) is 0 Å². The Morgan fingerprint density at radius 3 is 2.05 bits per heavy atom. The maximum atomic E-state index is 12.3. The maximum Gasteiger partial charge on any atom is 0.335 e. The van der Waals surface area contributed by atoms with Crippen molar-refractivity contribution >= 4 is 11.9 Å². The number of β-lactam (4-membered cyclic amide) rings is 1. The van der Waals surface area contributed by atoms with Crippen molar-refractivity contribution in [3.8, 4) is 0 Å². The molecule has 1 aromatic rings. The Morgan fingerprint density at radius 1 is 1.20 bits per heavy atom. The predicted octanol–water partition coefficient (Wildman–Crippen LogP) is 1.60. The van der Waals surface area contributed by atoms with Crippen molar-refractivity contribution < 1.29 is 19.8 Å². The number of aromatic carboxylic acids is 1. The number of benzene rings is 1. The van der Waals surface area contributed by atoms with Crippen molar-refractivity contribution in [3.63, 3.8) is 0 Å². The average Bonchev–Trinajstić information content (AvgIpc) is 2.36. The number of hydrogen-bond acceptors (Lipinski definition) is 3. The van der Waals surface area contributed by atoms with Crippen LogP contribution < -0.4 is 0 Å². The number of nitrogens with zero attached hydrogens (tertiary/aromatic N) is 1. The van der Waals surface area contributed by atoms with Gasteiger partial charge in [0.25, 0.3) is 5.91 Å². The molecule has 1 fully saturated rings. The lowest BCUT2D eigenvalue weighted by Gasteiger charge is -2.61. The van der Waals surface area contributed by atoms with E-state index in [0.29, 0.717) is 5.56 Å². The van der Waals surface area contributed by atoms with Gasteiger partial charge in [-0.25, -0.2) is 4.79 Å². The first kappa shape index (κ1) is 14.5. The monoisotopic (exact) mass is 277 g/mol. The highest BCUT2D eigenvalue weighted by molar-refractivity contribution is 5.96. The minimum Gasteiger partial charge on any atom is -0.478 e. The molecule has 0 radical (unpaired) electrons. The Hall–Kier alpha value is -1.88. The topological polar surface area (TPSA) is 77.8 Å². The summed E-state index contributed by atoms with van der Waals surface area (Å²) < 4.78 is 0.